The first-order valence-electron chi connectivity index (χ1n) is 6.65. The number of amides is 1. The Bertz CT molecular complexity index is 931. The molecule has 1 aromatic heterocycles. The Kier molecular flexibility index (Phi) is 3.69. The summed E-state index contributed by atoms with van der Waals surface area (Å²) in [6, 6.07) is 13.2. The molecule has 0 radical (unpaired) electrons. The lowest BCUT2D eigenvalue weighted by Crippen LogP contribution is -2.15. The first-order chi connectivity index (χ1) is 10.6. The first kappa shape index (κ1) is 14.4. The predicted octanol–water partition coefficient (Wildman–Crippen LogP) is 4.01. The summed E-state index contributed by atoms with van der Waals surface area (Å²) >= 11 is 6.02. The van der Waals surface area contributed by atoms with Crippen LogP contribution in [0.5, 0.6) is 0 Å². The summed E-state index contributed by atoms with van der Waals surface area (Å²) in [5, 5.41) is 3.70. The van der Waals surface area contributed by atoms with E-state index in [2.05, 4.69) is 5.32 Å². The Morgan fingerprint density at radius 2 is 1.91 bits per heavy atom. The molecule has 5 heteroatoms. The average molecular weight is 314 g/mol. The van der Waals surface area contributed by atoms with Gasteiger partial charge < -0.3 is 9.73 Å². The maximum absolute atomic E-state index is 12.3. The molecule has 1 heterocycles. The van der Waals surface area contributed by atoms with E-state index >= 15 is 0 Å². The van der Waals surface area contributed by atoms with Gasteiger partial charge >= 0.3 is 0 Å². The summed E-state index contributed by atoms with van der Waals surface area (Å²) in [5.74, 6) is -0.531. The van der Waals surface area contributed by atoms with E-state index in [0.717, 1.165) is 5.56 Å². The molecule has 0 spiro atoms. The lowest BCUT2D eigenvalue weighted by Gasteiger charge is -2.09. The second-order valence-electron chi connectivity index (χ2n) is 4.84. The van der Waals surface area contributed by atoms with Crippen LogP contribution in [-0.4, -0.2) is 5.91 Å². The first-order valence-corrected chi connectivity index (χ1v) is 7.03. The van der Waals surface area contributed by atoms with Crippen LogP contribution in [0.4, 0.5) is 5.69 Å². The Hall–Kier alpha value is -2.59. The van der Waals surface area contributed by atoms with Gasteiger partial charge in [-0.2, -0.15) is 0 Å². The number of rotatable bonds is 2. The largest absolute Gasteiger partial charge is 0.451 e. The van der Waals surface area contributed by atoms with E-state index < -0.39 is 5.91 Å². The van der Waals surface area contributed by atoms with E-state index in [0.29, 0.717) is 21.7 Å². The van der Waals surface area contributed by atoms with Gasteiger partial charge in [0.05, 0.1) is 5.39 Å². The third kappa shape index (κ3) is 2.61. The number of hydrogen-bond donors (Lipinski definition) is 1. The third-order valence-corrected chi connectivity index (χ3v) is 3.78. The van der Waals surface area contributed by atoms with Gasteiger partial charge in [-0.3, -0.25) is 9.59 Å². The molecule has 0 aliphatic carbocycles. The molecule has 0 saturated heterocycles. The fourth-order valence-corrected chi connectivity index (χ4v) is 2.32. The Labute approximate surface area is 131 Å². The summed E-state index contributed by atoms with van der Waals surface area (Å²) in [6.45, 7) is 1.80. The summed E-state index contributed by atoms with van der Waals surface area (Å²) in [4.78, 5) is 24.3. The molecule has 0 fully saturated rings. The summed E-state index contributed by atoms with van der Waals surface area (Å²) in [7, 11) is 0. The zero-order valence-corrected chi connectivity index (χ0v) is 12.5. The highest BCUT2D eigenvalue weighted by molar-refractivity contribution is 6.31. The summed E-state index contributed by atoms with van der Waals surface area (Å²) in [5.41, 5.74) is 1.45. The fourth-order valence-electron chi connectivity index (χ4n) is 2.14. The SMILES string of the molecule is Cc1c(Cl)cccc1NC(=O)c1cc(=O)c2ccccc2o1. The van der Waals surface area contributed by atoms with Crippen molar-refractivity contribution >= 4 is 34.2 Å². The van der Waals surface area contributed by atoms with Crippen molar-refractivity contribution in [2.24, 2.45) is 0 Å². The zero-order valence-electron chi connectivity index (χ0n) is 11.7. The van der Waals surface area contributed by atoms with Crippen molar-refractivity contribution < 1.29 is 9.21 Å². The molecule has 1 N–H and O–H groups in total. The summed E-state index contributed by atoms with van der Waals surface area (Å²) in [6.07, 6.45) is 0. The number of carbonyl (C=O) groups is 1. The summed E-state index contributed by atoms with van der Waals surface area (Å²) < 4.78 is 5.50. The van der Waals surface area contributed by atoms with Gasteiger partial charge in [0.1, 0.15) is 5.58 Å². The molecule has 1 amide bonds. The second kappa shape index (κ2) is 5.66. The van der Waals surface area contributed by atoms with Crippen molar-refractivity contribution in [1.82, 2.24) is 0 Å². The molecular weight excluding hydrogens is 302 g/mol. The topological polar surface area (TPSA) is 59.3 Å². The standard InChI is InChI=1S/C17H12ClNO3/c1-10-12(18)6-4-7-13(10)19-17(21)16-9-14(20)11-5-2-3-8-15(11)22-16/h2-9H,1H3,(H,19,21). The number of nitrogens with one attached hydrogen (secondary N) is 1. The van der Waals surface area contributed by atoms with Crippen molar-refractivity contribution in [2.45, 2.75) is 6.92 Å². The van der Waals surface area contributed by atoms with E-state index in [1.54, 1.807) is 49.4 Å². The smallest absolute Gasteiger partial charge is 0.291 e. The number of anilines is 1. The van der Waals surface area contributed by atoms with Crippen LogP contribution in [0.15, 0.2) is 57.7 Å². The molecule has 0 aliphatic rings. The van der Waals surface area contributed by atoms with Crippen LogP contribution in [0.2, 0.25) is 5.02 Å². The number of benzene rings is 2. The number of halogens is 1. The predicted molar refractivity (Wildman–Crippen MR) is 86.6 cm³/mol. The molecule has 3 aromatic rings. The van der Waals surface area contributed by atoms with Crippen LogP contribution in [0.3, 0.4) is 0 Å². The van der Waals surface area contributed by atoms with Crippen LogP contribution in [0, 0.1) is 6.92 Å². The van der Waals surface area contributed by atoms with Crippen LogP contribution < -0.4 is 10.7 Å². The molecule has 0 atom stereocenters. The normalized spacial score (nSPS) is 10.6. The van der Waals surface area contributed by atoms with Gasteiger partial charge in [0.25, 0.3) is 5.91 Å². The number of para-hydroxylation sites is 1. The molecule has 0 aliphatic heterocycles. The zero-order chi connectivity index (χ0) is 15.7. The molecule has 110 valence electrons. The second-order valence-corrected chi connectivity index (χ2v) is 5.24. The van der Waals surface area contributed by atoms with Crippen molar-refractivity contribution in [3.63, 3.8) is 0 Å². The maximum Gasteiger partial charge on any atom is 0.291 e. The van der Waals surface area contributed by atoms with Gasteiger partial charge in [0.15, 0.2) is 11.2 Å². The van der Waals surface area contributed by atoms with Crippen LogP contribution in [-0.2, 0) is 0 Å². The van der Waals surface area contributed by atoms with Crippen molar-refractivity contribution in [3.05, 3.63) is 75.1 Å². The van der Waals surface area contributed by atoms with Crippen LogP contribution in [0.25, 0.3) is 11.0 Å². The highest BCUT2D eigenvalue weighted by Gasteiger charge is 2.14. The maximum atomic E-state index is 12.3. The van der Waals surface area contributed by atoms with Gasteiger partial charge in [0, 0.05) is 16.8 Å². The Balaban J connectivity index is 1.99. The van der Waals surface area contributed by atoms with Crippen molar-refractivity contribution in [3.8, 4) is 0 Å². The minimum Gasteiger partial charge on any atom is -0.451 e. The van der Waals surface area contributed by atoms with Gasteiger partial charge in [-0.05, 0) is 36.8 Å². The molecule has 0 bridgehead atoms. The minimum absolute atomic E-state index is 0.0388. The molecule has 0 saturated carbocycles. The van der Waals surface area contributed by atoms with Gasteiger partial charge in [-0.15, -0.1) is 0 Å². The molecule has 0 unspecified atom stereocenters. The minimum atomic E-state index is -0.492. The average Bonchev–Trinajstić information content (AvgIpc) is 2.52. The number of fused-ring (bicyclic) bond motifs is 1. The van der Waals surface area contributed by atoms with E-state index in [1.165, 1.54) is 6.07 Å². The van der Waals surface area contributed by atoms with E-state index in [9.17, 15) is 9.59 Å². The molecule has 22 heavy (non-hydrogen) atoms. The van der Waals surface area contributed by atoms with E-state index in [4.69, 9.17) is 16.0 Å². The Morgan fingerprint density at radius 1 is 1.14 bits per heavy atom. The fraction of sp³-hybridized carbons (Fsp3) is 0.0588. The number of hydrogen-bond acceptors (Lipinski definition) is 3. The number of carbonyl (C=O) groups excluding carboxylic acids is 1. The molecular formula is C17H12ClNO3. The quantitative estimate of drug-likeness (QED) is 0.777. The molecule has 4 nitrogen and oxygen atoms in total. The Morgan fingerprint density at radius 3 is 2.73 bits per heavy atom. The van der Waals surface area contributed by atoms with Crippen LogP contribution in [0.1, 0.15) is 16.1 Å². The van der Waals surface area contributed by atoms with Crippen LogP contribution >= 0.6 is 11.6 Å². The van der Waals surface area contributed by atoms with Crippen molar-refractivity contribution in [1.29, 1.82) is 0 Å². The third-order valence-electron chi connectivity index (χ3n) is 3.37. The van der Waals surface area contributed by atoms with Gasteiger partial charge in [-0.25, -0.2) is 0 Å². The lowest BCUT2D eigenvalue weighted by atomic mass is 10.2. The monoisotopic (exact) mass is 313 g/mol. The lowest BCUT2D eigenvalue weighted by molar-refractivity contribution is 0.0997. The van der Waals surface area contributed by atoms with Gasteiger partial charge in [-0.1, -0.05) is 29.8 Å². The molecule has 2 aromatic carbocycles. The highest BCUT2D eigenvalue weighted by Crippen LogP contribution is 2.23. The van der Waals surface area contributed by atoms with E-state index in [1.807, 2.05) is 0 Å². The van der Waals surface area contributed by atoms with Crippen molar-refractivity contribution in [2.75, 3.05) is 5.32 Å². The van der Waals surface area contributed by atoms with Gasteiger partial charge in [0.2, 0.25) is 0 Å². The highest BCUT2D eigenvalue weighted by atomic mass is 35.5. The molecule has 3 rings (SSSR count). The van der Waals surface area contributed by atoms with E-state index in [-0.39, 0.29) is 11.2 Å².